The molecule has 2 aliphatic carbocycles. The average Bonchev–Trinajstić information content (AvgIpc) is 3.46. The van der Waals surface area contributed by atoms with Crippen molar-refractivity contribution in [2.45, 2.75) is 37.0 Å². The number of halogens is 1. The van der Waals surface area contributed by atoms with E-state index < -0.39 is 0 Å². The van der Waals surface area contributed by atoms with Gasteiger partial charge < -0.3 is 9.80 Å². The molecule has 0 aromatic carbocycles. The van der Waals surface area contributed by atoms with E-state index in [1.165, 1.54) is 24.2 Å². The third kappa shape index (κ3) is 4.52. The average molecular weight is 407 g/mol. The topological polar surface area (TPSA) is 65.5 Å². The third-order valence-electron chi connectivity index (χ3n) is 5.10. The summed E-state index contributed by atoms with van der Waals surface area (Å²) in [4.78, 5) is 33.4. The lowest BCUT2D eigenvalue weighted by atomic mass is 10.1. The van der Waals surface area contributed by atoms with Gasteiger partial charge in [0.15, 0.2) is 5.13 Å². The van der Waals surface area contributed by atoms with E-state index in [2.05, 4.69) is 10.3 Å². The lowest BCUT2D eigenvalue weighted by molar-refractivity contribution is -0.126. The molecule has 1 saturated heterocycles. The van der Waals surface area contributed by atoms with Crippen LogP contribution in [-0.4, -0.2) is 58.3 Å². The van der Waals surface area contributed by atoms with Crippen molar-refractivity contribution in [2.24, 2.45) is 0 Å². The van der Waals surface area contributed by atoms with Crippen LogP contribution in [0.4, 0.5) is 9.93 Å². The van der Waals surface area contributed by atoms with Crippen LogP contribution in [0.1, 0.15) is 37.3 Å². The highest BCUT2D eigenvalue weighted by Gasteiger charge is 2.27. The normalized spacial score (nSPS) is 23.0. The van der Waals surface area contributed by atoms with Gasteiger partial charge in [0.05, 0.1) is 11.1 Å². The minimum atomic E-state index is -0.136. The number of anilines is 1. The molecule has 1 aromatic rings. The molecule has 3 aliphatic rings. The highest BCUT2D eigenvalue weighted by molar-refractivity contribution is 7.13. The summed E-state index contributed by atoms with van der Waals surface area (Å²) < 4.78 is 0. The lowest BCUT2D eigenvalue weighted by Gasteiger charge is -2.23. The molecule has 1 saturated carbocycles. The van der Waals surface area contributed by atoms with E-state index in [-0.39, 0.29) is 17.3 Å². The lowest BCUT2D eigenvalue weighted by Crippen LogP contribution is -2.39. The monoisotopic (exact) mass is 406 g/mol. The smallest absolute Gasteiger partial charge is 0.323 e. The minimum Gasteiger partial charge on any atom is -0.337 e. The molecule has 0 radical (unpaired) electrons. The molecular weight excluding hydrogens is 384 g/mol. The van der Waals surface area contributed by atoms with E-state index in [0.717, 1.165) is 12.1 Å². The van der Waals surface area contributed by atoms with Crippen molar-refractivity contribution in [3.63, 3.8) is 0 Å². The molecule has 4 rings (SSSR count). The van der Waals surface area contributed by atoms with Gasteiger partial charge in [0.25, 0.3) is 5.91 Å². The summed E-state index contributed by atoms with van der Waals surface area (Å²) in [6.45, 7) is 2.34. The number of nitrogens with zero attached hydrogens (tertiary/aromatic N) is 3. The Morgan fingerprint density at radius 2 is 1.96 bits per heavy atom. The van der Waals surface area contributed by atoms with E-state index >= 15 is 0 Å². The number of urea groups is 1. The summed E-state index contributed by atoms with van der Waals surface area (Å²) in [5, 5.41) is 5.57. The van der Waals surface area contributed by atoms with Gasteiger partial charge in [-0.2, -0.15) is 0 Å². The van der Waals surface area contributed by atoms with Crippen LogP contribution in [0.15, 0.2) is 29.2 Å². The van der Waals surface area contributed by atoms with Crippen molar-refractivity contribution in [1.29, 1.82) is 0 Å². The summed E-state index contributed by atoms with van der Waals surface area (Å²) in [6, 6.07) is -0.136. The maximum atomic E-state index is 12.7. The molecule has 6 nitrogen and oxygen atoms in total. The highest BCUT2D eigenvalue weighted by atomic mass is 35.5. The van der Waals surface area contributed by atoms with E-state index in [1.807, 2.05) is 22.4 Å². The maximum Gasteiger partial charge on any atom is 0.323 e. The molecule has 1 atom stereocenters. The van der Waals surface area contributed by atoms with Crippen LogP contribution in [-0.2, 0) is 4.79 Å². The first kappa shape index (κ1) is 18.5. The number of rotatable bonds is 3. The van der Waals surface area contributed by atoms with Gasteiger partial charge in [-0.05, 0) is 25.7 Å². The van der Waals surface area contributed by atoms with Crippen LogP contribution in [0.2, 0.25) is 0 Å². The van der Waals surface area contributed by atoms with E-state index in [4.69, 9.17) is 11.6 Å². The Bertz CT molecular complexity index is 786. The molecule has 0 spiro atoms. The summed E-state index contributed by atoms with van der Waals surface area (Å²) in [5.41, 5.74) is 1.79. The first-order valence-electron chi connectivity index (χ1n) is 9.43. The van der Waals surface area contributed by atoms with E-state index in [1.54, 1.807) is 11.0 Å². The zero-order valence-electron chi connectivity index (χ0n) is 15.1. The molecule has 1 unspecified atom stereocenters. The number of carbonyl (C=O) groups is 2. The molecular formula is C19H23ClN4O2S. The first-order valence-corrected chi connectivity index (χ1v) is 10.7. The van der Waals surface area contributed by atoms with Crippen molar-refractivity contribution >= 4 is 40.0 Å². The molecule has 1 aromatic heterocycles. The van der Waals surface area contributed by atoms with Crippen LogP contribution in [0.3, 0.4) is 0 Å². The molecule has 8 heteroatoms. The molecule has 144 valence electrons. The molecule has 3 amide bonds. The van der Waals surface area contributed by atoms with Crippen LogP contribution >= 0.6 is 22.9 Å². The summed E-state index contributed by atoms with van der Waals surface area (Å²) in [6.07, 6.45) is 9.40. The molecule has 1 aliphatic heterocycles. The van der Waals surface area contributed by atoms with Gasteiger partial charge in [0, 0.05) is 43.1 Å². The number of thiazole rings is 1. The Morgan fingerprint density at radius 3 is 2.70 bits per heavy atom. The Balaban J connectivity index is 1.31. The molecule has 2 heterocycles. The first-order chi connectivity index (χ1) is 13.1. The zero-order chi connectivity index (χ0) is 18.8. The van der Waals surface area contributed by atoms with Crippen molar-refractivity contribution in [1.82, 2.24) is 14.8 Å². The van der Waals surface area contributed by atoms with Gasteiger partial charge in [-0.25, -0.2) is 9.78 Å². The Kier molecular flexibility index (Phi) is 5.50. The quantitative estimate of drug-likeness (QED) is 0.780. The van der Waals surface area contributed by atoms with E-state index in [9.17, 15) is 9.59 Å². The zero-order valence-corrected chi connectivity index (χ0v) is 16.6. The van der Waals surface area contributed by atoms with Gasteiger partial charge in [0.2, 0.25) is 0 Å². The fourth-order valence-corrected chi connectivity index (χ4v) is 4.28. The second-order valence-electron chi connectivity index (χ2n) is 7.19. The molecule has 2 fully saturated rings. The summed E-state index contributed by atoms with van der Waals surface area (Å²) in [5.74, 6) is 0.605. The van der Waals surface area contributed by atoms with Crippen LogP contribution in [0.5, 0.6) is 0 Å². The number of hydrogen-bond donors (Lipinski definition) is 1. The second kappa shape index (κ2) is 8.02. The number of alkyl halides is 1. The summed E-state index contributed by atoms with van der Waals surface area (Å²) in [7, 11) is 0. The van der Waals surface area contributed by atoms with Gasteiger partial charge in [-0.3, -0.25) is 10.1 Å². The van der Waals surface area contributed by atoms with Gasteiger partial charge in [-0.1, -0.05) is 18.2 Å². The molecule has 1 N–H and O–H groups in total. The maximum absolute atomic E-state index is 12.7. The van der Waals surface area contributed by atoms with Crippen LogP contribution in [0.25, 0.3) is 0 Å². The predicted octanol–water partition coefficient (Wildman–Crippen LogP) is 3.58. The van der Waals surface area contributed by atoms with Gasteiger partial charge >= 0.3 is 6.03 Å². The Morgan fingerprint density at radius 1 is 1.19 bits per heavy atom. The molecule has 27 heavy (non-hydrogen) atoms. The largest absolute Gasteiger partial charge is 0.337 e. The third-order valence-corrected chi connectivity index (χ3v) is 6.20. The Labute approximate surface area is 167 Å². The van der Waals surface area contributed by atoms with Crippen molar-refractivity contribution < 1.29 is 9.59 Å². The second-order valence-corrected chi connectivity index (χ2v) is 8.60. The van der Waals surface area contributed by atoms with Gasteiger partial charge in [0.1, 0.15) is 0 Å². The number of amides is 3. The summed E-state index contributed by atoms with van der Waals surface area (Å²) >= 11 is 7.51. The number of allylic oxidation sites excluding steroid dienone is 2. The minimum absolute atomic E-state index is 0.0195. The fraction of sp³-hybridized carbons (Fsp3) is 0.526. The van der Waals surface area contributed by atoms with Crippen LogP contribution < -0.4 is 5.32 Å². The van der Waals surface area contributed by atoms with Crippen LogP contribution in [0, 0.1) is 0 Å². The predicted molar refractivity (Wildman–Crippen MR) is 107 cm³/mol. The number of hydrogen-bond acceptors (Lipinski definition) is 4. The fourth-order valence-electron chi connectivity index (χ4n) is 3.34. The Hall–Kier alpha value is -1.86. The van der Waals surface area contributed by atoms with Crippen molar-refractivity contribution in [3.8, 4) is 0 Å². The standard InChI is InChI=1S/C19H23ClN4O2S/c20-15-6-4-14(5-7-15)17(25)23-8-1-9-24(11-10-23)19(26)22-18-21-16(12-27-18)13-2-3-13/h4-6,12-13,15H,1-3,7-11H2,(H,21,22,26). The van der Waals surface area contributed by atoms with E-state index in [0.29, 0.717) is 49.2 Å². The SMILES string of the molecule is O=C(Nc1nc(C2CC2)cs1)N1CCCN(C(=O)C2=CCC(Cl)C=C2)CC1. The molecule has 0 bridgehead atoms. The number of aromatic nitrogens is 1. The van der Waals surface area contributed by atoms with Gasteiger partial charge in [-0.15, -0.1) is 22.9 Å². The van der Waals surface area contributed by atoms with Crippen molar-refractivity contribution in [2.75, 3.05) is 31.5 Å². The number of nitrogens with one attached hydrogen (secondary N) is 1. The number of carbonyl (C=O) groups excluding carboxylic acids is 2. The highest BCUT2D eigenvalue weighted by Crippen LogP contribution is 2.40. The van der Waals surface area contributed by atoms with Crippen molar-refractivity contribution in [3.05, 3.63) is 34.9 Å².